The summed E-state index contributed by atoms with van der Waals surface area (Å²) in [6.07, 6.45) is -0.496. The van der Waals surface area contributed by atoms with Gasteiger partial charge in [0, 0.05) is 0 Å². The molecule has 2 atom stereocenters. The molecule has 0 spiro atoms. The lowest BCUT2D eigenvalue weighted by Crippen LogP contribution is -2.41. The fraction of sp³-hybridized carbons (Fsp3) is 0.429. The standard InChI is InChI=1S/C7H8O4/c1-3-5-7(9)10-4(2)6(8)11-5/h3-5H,1H2,2H3. The van der Waals surface area contributed by atoms with Crippen LogP contribution in [0.1, 0.15) is 6.92 Å². The maximum Gasteiger partial charge on any atom is 0.352 e. The van der Waals surface area contributed by atoms with Gasteiger partial charge in [0.05, 0.1) is 0 Å². The molecule has 0 aliphatic carbocycles. The minimum atomic E-state index is -0.932. The summed E-state index contributed by atoms with van der Waals surface area (Å²) in [6.45, 7) is 4.77. The van der Waals surface area contributed by atoms with E-state index in [1.54, 1.807) is 0 Å². The predicted octanol–water partition coefficient (Wildman–Crippen LogP) is 0.0295. The van der Waals surface area contributed by atoms with E-state index < -0.39 is 24.1 Å². The van der Waals surface area contributed by atoms with Crippen molar-refractivity contribution in [1.29, 1.82) is 0 Å². The zero-order chi connectivity index (χ0) is 8.43. The summed E-state index contributed by atoms with van der Waals surface area (Å²) in [4.78, 5) is 21.6. The summed E-state index contributed by atoms with van der Waals surface area (Å²) in [5.41, 5.74) is 0. The average molecular weight is 156 g/mol. The molecule has 60 valence electrons. The lowest BCUT2D eigenvalue weighted by atomic mass is 10.3. The number of hydrogen-bond donors (Lipinski definition) is 0. The molecule has 0 radical (unpaired) electrons. The van der Waals surface area contributed by atoms with Gasteiger partial charge in [0.2, 0.25) is 6.10 Å². The number of carbonyl (C=O) groups excluding carboxylic acids is 2. The molecule has 4 nitrogen and oxygen atoms in total. The van der Waals surface area contributed by atoms with Crippen molar-refractivity contribution in [3.8, 4) is 0 Å². The summed E-state index contributed by atoms with van der Waals surface area (Å²) < 4.78 is 9.25. The van der Waals surface area contributed by atoms with Gasteiger partial charge in [-0.2, -0.15) is 0 Å². The van der Waals surface area contributed by atoms with Crippen LogP contribution in [0.3, 0.4) is 0 Å². The van der Waals surface area contributed by atoms with Gasteiger partial charge in [-0.1, -0.05) is 6.58 Å². The fourth-order valence-corrected chi connectivity index (χ4v) is 0.703. The molecule has 4 heteroatoms. The van der Waals surface area contributed by atoms with E-state index in [0.29, 0.717) is 0 Å². The molecule has 0 amide bonds. The zero-order valence-electron chi connectivity index (χ0n) is 6.07. The Bertz CT molecular complexity index is 208. The summed E-state index contributed by atoms with van der Waals surface area (Å²) in [6, 6.07) is 0. The molecule has 0 aromatic carbocycles. The highest BCUT2D eigenvalue weighted by molar-refractivity contribution is 5.88. The van der Waals surface area contributed by atoms with Crippen LogP contribution in [-0.2, 0) is 19.1 Å². The molecule has 2 unspecified atom stereocenters. The number of ether oxygens (including phenoxy) is 2. The van der Waals surface area contributed by atoms with Gasteiger partial charge in [-0.05, 0) is 13.0 Å². The molecule has 1 heterocycles. The van der Waals surface area contributed by atoms with E-state index in [4.69, 9.17) is 0 Å². The maximum atomic E-state index is 10.8. The highest BCUT2D eigenvalue weighted by Gasteiger charge is 2.33. The van der Waals surface area contributed by atoms with Crippen LogP contribution in [-0.4, -0.2) is 24.1 Å². The molecular weight excluding hydrogens is 148 g/mol. The Labute approximate surface area is 63.8 Å². The number of esters is 2. The van der Waals surface area contributed by atoms with Gasteiger partial charge in [-0.15, -0.1) is 0 Å². The van der Waals surface area contributed by atoms with Crippen molar-refractivity contribution in [2.75, 3.05) is 0 Å². The van der Waals surface area contributed by atoms with Crippen LogP contribution >= 0.6 is 0 Å². The molecule has 0 aromatic heterocycles. The Balaban J connectivity index is 2.69. The Morgan fingerprint density at radius 1 is 1.36 bits per heavy atom. The first-order chi connectivity index (χ1) is 5.15. The first-order valence-electron chi connectivity index (χ1n) is 3.18. The van der Waals surface area contributed by atoms with Gasteiger partial charge >= 0.3 is 11.9 Å². The normalized spacial score (nSPS) is 30.6. The monoisotopic (exact) mass is 156 g/mol. The van der Waals surface area contributed by atoms with E-state index in [2.05, 4.69) is 16.1 Å². The van der Waals surface area contributed by atoms with Gasteiger partial charge < -0.3 is 9.47 Å². The molecule has 11 heavy (non-hydrogen) atoms. The Morgan fingerprint density at radius 2 is 2.00 bits per heavy atom. The van der Waals surface area contributed by atoms with Crippen molar-refractivity contribution in [1.82, 2.24) is 0 Å². The minimum Gasteiger partial charge on any atom is -0.448 e. The van der Waals surface area contributed by atoms with Crippen molar-refractivity contribution in [2.24, 2.45) is 0 Å². The molecule has 1 fully saturated rings. The van der Waals surface area contributed by atoms with Crippen LogP contribution in [0.2, 0.25) is 0 Å². The van der Waals surface area contributed by atoms with E-state index in [1.165, 1.54) is 13.0 Å². The van der Waals surface area contributed by atoms with Crippen LogP contribution in [0.25, 0.3) is 0 Å². The van der Waals surface area contributed by atoms with Crippen molar-refractivity contribution in [3.05, 3.63) is 12.7 Å². The van der Waals surface area contributed by atoms with E-state index in [0.717, 1.165) is 0 Å². The Hall–Kier alpha value is -1.32. The SMILES string of the molecule is C=CC1OC(=O)C(C)OC1=O. The lowest BCUT2D eigenvalue weighted by Gasteiger charge is -2.22. The second-order valence-corrected chi connectivity index (χ2v) is 2.17. The highest BCUT2D eigenvalue weighted by atomic mass is 16.6. The van der Waals surface area contributed by atoms with Crippen molar-refractivity contribution in [3.63, 3.8) is 0 Å². The summed E-state index contributed by atoms with van der Waals surface area (Å²) >= 11 is 0. The van der Waals surface area contributed by atoms with E-state index in [9.17, 15) is 9.59 Å². The minimum absolute atomic E-state index is 0.533. The topological polar surface area (TPSA) is 52.6 Å². The molecule has 1 aliphatic heterocycles. The number of carbonyl (C=O) groups is 2. The van der Waals surface area contributed by atoms with E-state index in [-0.39, 0.29) is 0 Å². The summed E-state index contributed by atoms with van der Waals surface area (Å²) in [7, 11) is 0. The van der Waals surface area contributed by atoms with Gasteiger partial charge in [-0.25, -0.2) is 9.59 Å². The second-order valence-electron chi connectivity index (χ2n) is 2.17. The van der Waals surface area contributed by atoms with Crippen LogP contribution in [0.5, 0.6) is 0 Å². The van der Waals surface area contributed by atoms with Crippen molar-refractivity contribution in [2.45, 2.75) is 19.1 Å². The zero-order valence-corrected chi connectivity index (χ0v) is 6.07. The number of cyclic esters (lactones) is 2. The average Bonchev–Trinajstić information content (AvgIpc) is 1.97. The van der Waals surface area contributed by atoms with Crippen molar-refractivity contribution < 1.29 is 19.1 Å². The van der Waals surface area contributed by atoms with Gasteiger partial charge in [-0.3, -0.25) is 0 Å². The first kappa shape index (κ1) is 7.78. The lowest BCUT2D eigenvalue weighted by molar-refractivity contribution is -0.189. The van der Waals surface area contributed by atoms with E-state index >= 15 is 0 Å². The number of hydrogen-bond acceptors (Lipinski definition) is 4. The predicted molar refractivity (Wildman–Crippen MR) is 35.6 cm³/mol. The quantitative estimate of drug-likeness (QED) is 0.397. The maximum absolute atomic E-state index is 10.8. The largest absolute Gasteiger partial charge is 0.448 e. The van der Waals surface area contributed by atoms with E-state index in [1.807, 2.05) is 0 Å². The third-order valence-electron chi connectivity index (χ3n) is 1.31. The molecule has 0 saturated carbocycles. The van der Waals surface area contributed by atoms with Crippen LogP contribution < -0.4 is 0 Å². The Morgan fingerprint density at radius 3 is 2.55 bits per heavy atom. The highest BCUT2D eigenvalue weighted by Crippen LogP contribution is 2.10. The molecule has 0 aromatic rings. The summed E-state index contributed by atoms with van der Waals surface area (Å²) in [5.74, 6) is -1.10. The van der Waals surface area contributed by atoms with Gasteiger partial charge in [0.1, 0.15) is 0 Å². The van der Waals surface area contributed by atoms with Gasteiger partial charge in [0.25, 0.3) is 0 Å². The Kier molecular flexibility index (Phi) is 1.94. The number of rotatable bonds is 1. The van der Waals surface area contributed by atoms with Crippen LogP contribution in [0, 0.1) is 0 Å². The summed E-state index contributed by atoms with van der Waals surface area (Å²) in [5, 5.41) is 0. The third-order valence-corrected chi connectivity index (χ3v) is 1.31. The smallest absolute Gasteiger partial charge is 0.352 e. The van der Waals surface area contributed by atoms with Crippen LogP contribution in [0.15, 0.2) is 12.7 Å². The molecule has 1 saturated heterocycles. The molecule has 1 aliphatic rings. The van der Waals surface area contributed by atoms with Gasteiger partial charge in [0.15, 0.2) is 6.10 Å². The second kappa shape index (κ2) is 2.74. The molecular formula is C7H8O4. The molecule has 0 N–H and O–H groups in total. The van der Waals surface area contributed by atoms with Crippen LogP contribution in [0.4, 0.5) is 0 Å². The third kappa shape index (κ3) is 1.39. The van der Waals surface area contributed by atoms with Crippen molar-refractivity contribution >= 4 is 11.9 Å². The first-order valence-corrected chi connectivity index (χ1v) is 3.18. The fourth-order valence-electron chi connectivity index (χ4n) is 0.703. The molecule has 1 rings (SSSR count). The molecule has 0 bridgehead atoms.